The molecule has 0 atom stereocenters. The van der Waals surface area contributed by atoms with Crippen LogP contribution in [0.5, 0.6) is 0 Å². The third kappa shape index (κ3) is 2.10. The Kier molecular flexibility index (Phi) is 2.97. The van der Waals surface area contributed by atoms with E-state index < -0.39 is 5.82 Å². The van der Waals surface area contributed by atoms with Crippen molar-refractivity contribution in [3.63, 3.8) is 0 Å². The lowest BCUT2D eigenvalue weighted by atomic mass is 10.1. The highest BCUT2D eigenvalue weighted by Crippen LogP contribution is 2.26. The molecular weight excluding hydrogens is 223 g/mol. The number of aromatic nitrogens is 1. The zero-order chi connectivity index (χ0) is 11.5. The van der Waals surface area contributed by atoms with Crippen molar-refractivity contribution in [2.75, 3.05) is 0 Å². The summed E-state index contributed by atoms with van der Waals surface area (Å²) in [7, 11) is 0. The average molecular weight is 232 g/mol. The van der Waals surface area contributed by atoms with E-state index in [-0.39, 0.29) is 0 Å². The summed E-state index contributed by atoms with van der Waals surface area (Å²) in [6.07, 6.45) is 2.70. The fourth-order valence-corrected chi connectivity index (χ4v) is 2.22. The van der Waals surface area contributed by atoms with E-state index >= 15 is 0 Å². The largest absolute Gasteiger partial charge is 0.244 e. The van der Waals surface area contributed by atoms with Crippen LogP contribution in [-0.2, 0) is 6.42 Å². The molecule has 16 heavy (non-hydrogen) atoms. The average Bonchev–Trinajstić information content (AvgIpc) is 2.76. The van der Waals surface area contributed by atoms with Gasteiger partial charge in [0.25, 0.3) is 0 Å². The highest BCUT2D eigenvalue weighted by atomic mass is 32.1. The predicted octanol–water partition coefficient (Wildman–Crippen LogP) is 3.38. The minimum atomic E-state index is -0.401. The van der Waals surface area contributed by atoms with Gasteiger partial charge in [-0.3, -0.25) is 0 Å². The topological polar surface area (TPSA) is 36.7 Å². The van der Waals surface area contributed by atoms with Gasteiger partial charge in [-0.2, -0.15) is 5.26 Å². The summed E-state index contributed by atoms with van der Waals surface area (Å²) < 4.78 is 13.2. The van der Waals surface area contributed by atoms with Crippen LogP contribution in [0.2, 0.25) is 0 Å². The molecule has 4 heteroatoms. The minimum absolute atomic E-state index is 0.322. The van der Waals surface area contributed by atoms with Gasteiger partial charge in [0, 0.05) is 16.6 Å². The van der Waals surface area contributed by atoms with E-state index in [1.165, 1.54) is 23.5 Å². The van der Waals surface area contributed by atoms with Crippen LogP contribution in [-0.4, -0.2) is 4.98 Å². The number of rotatable bonds is 2. The maximum absolute atomic E-state index is 13.2. The summed E-state index contributed by atoms with van der Waals surface area (Å²) in [6, 6.07) is 6.21. The molecule has 1 aromatic carbocycles. The highest BCUT2D eigenvalue weighted by Gasteiger charge is 2.07. The van der Waals surface area contributed by atoms with Crippen LogP contribution in [0.1, 0.15) is 17.4 Å². The molecule has 0 amide bonds. The molecule has 0 radical (unpaired) electrons. The summed E-state index contributed by atoms with van der Waals surface area (Å²) in [4.78, 5) is 5.37. The monoisotopic (exact) mass is 232 g/mol. The van der Waals surface area contributed by atoms with E-state index in [1.807, 2.05) is 13.0 Å². The molecule has 0 bridgehead atoms. The van der Waals surface area contributed by atoms with Crippen LogP contribution in [0.15, 0.2) is 24.4 Å². The van der Waals surface area contributed by atoms with Crippen molar-refractivity contribution in [3.05, 3.63) is 40.7 Å². The predicted molar refractivity (Wildman–Crippen MR) is 61.6 cm³/mol. The first kappa shape index (κ1) is 10.8. The van der Waals surface area contributed by atoms with Crippen LogP contribution in [0, 0.1) is 17.1 Å². The lowest BCUT2D eigenvalue weighted by Crippen LogP contribution is -1.83. The van der Waals surface area contributed by atoms with E-state index in [1.54, 1.807) is 12.3 Å². The number of hydrogen-bond donors (Lipinski definition) is 0. The molecule has 0 N–H and O–H groups in total. The number of benzene rings is 1. The Bertz CT molecular complexity index is 554. The van der Waals surface area contributed by atoms with Gasteiger partial charge in [-0.25, -0.2) is 9.37 Å². The van der Waals surface area contributed by atoms with Crippen LogP contribution in [0.25, 0.3) is 10.6 Å². The Morgan fingerprint density at radius 2 is 2.25 bits per heavy atom. The van der Waals surface area contributed by atoms with Crippen molar-refractivity contribution in [1.29, 1.82) is 5.26 Å². The van der Waals surface area contributed by atoms with Crippen molar-refractivity contribution >= 4 is 11.3 Å². The number of nitrogens with zero attached hydrogens (tertiary/aromatic N) is 2. The maximum atomic E-state index is 13.2. The second kappa shape index (κ2) is 4.42. The van der Waals surface area contributed by atoms with Gasteiger partial charge in [0.2, 0.25) is 0 Å². The zero-order valence-corrected chi connectivity index (χ0v) is 9.51. The molecule has 0 saturated heterocycles. The number of halogens is 1. The van der Waals surface area contributed by atoms with Crippen LogP contribution < -0.4 is 0 Å². The van der Waals surface area contributed by atoms with Crippen LogP contribution in [0.3, 0.4) is 0 Å². The molecule has 2 nitrogen and oxygen atoms in total. The third-order valence-corrected chi connectivity index (χ3v) is 3.37. The molecular formula is C12H9FN2S. The van der Waals surface area contributed by atoms with E-state index in [9.17, 15) is 4.39 Å². The van der Waals surface area contributed by atoms with E-state index in [4.69, 9.17) is 5.26 Å². The smallest absolute Gasteiger partial charge is 0.125 e. The fraction of sp³-hybridized carbons (Fsp3) is 0.167. The van der Waals surface area contributed by atoms with Gasteiger partial charge in [0.15, 0.2) is 0 Å². The summed E-state index contributed by atoms with van der Waals surface area (Å²) in [5.41, 5.74) is 0.990. The van der Waals surface area contributed by atoms with Crippen molar-refractivity contribution in [2.24, 2.45) is 0 Å². The Balaban J connectivity index is 2.47. The molecule has 1 aromatic heterocycles. The lowest BCUT2D eigenvalue weighted by Gasteiger charge is -1.97. The van der Waals surface area contributed by atoms with Gasteiger partial charge >= 0.3 is 0 Å². The molecule has 80 valence electrons. The van der Waals surface area contributed by atoms with Gasteiger partial charge in [0.1, 0.15) is 10.8 Å². The minimum Gasteiger partial charge on any atom is -0.244 e. The van der Waals surface area contributed by atoms with Gasteiger partial charge in [-0.05, 0) is 24.6 Å². The lowest BCUT2D eigenvalue weighted by molar-refractivity contribution is 0.628. The molecule has 0 fully saturated rings. The number of hydrogen-bond acceptors (Lipinski definition) is 3. The zero-order valence-electron chi connectivity index (χ0n) is 8.70. The van der Waals surface area contributed by atoms with Gasteiger partial charge < -0.3 is 0 Å². The molecule has 0 aliphatic carbocycles. The van der Waals surface area contributed by atoms with Crippen LogP contribution >= 0.6 is 11.3 Å². The number of aryl methyl sites for hydroxylation is 1. The molecule has 2 aromatic rings. The molecule has 0 spiro atoms. The van der Waals surface area contributed by atoms with Gasteiger partial charge in [-0.15, -0.1) is 11.3 Å². The standard InChI is InChI=1S/C12H9FN2S/c1-2-11-7-15-12(16-11)9-3-8(6-14)4-10(13)5-9/h3-5,7H,2H2,1H3. The molecule has 0 saturated carbocycles. The SMILES string of the molecule is CCc1cnc(-c2cc(F)cc(C#N)c2)s1. The first-order valence-electron chi connectivity index (χ1n) is 4.88. The summed E-state index contributed by atoms with van der Waals surface area (Å²) in [6.45, 7) is 2.05. The number of thiazole rings is 1. The molecule has 0 aliphatic heterocycles. The van der Waals surface area contributed by atoms with Crippen molar-refractivity contribution < 1.29 is 4.39 Å². The molecule has 0 aliphatic rings. The molecule has 0 unspecified atom stereocenters. The third-order valence-electron chi connectivity index (χ3n) is 2.18. The summed E-state index contributed by atoms with van der Waals surface area (Å²) in [5, 5.41) is 9.51. The number of nitriles is 1. The first-order valence-corrected chi connectivity index (χ1v) is 5.70. The first-order chi connectivity index (χ1) is 7.72. The van der Waals surface area contributed by atoms with E-state index in [0.29, 0.717) is 11.1 Å². The summed E-state index contributed by atoms with van der Waals surface area (Å²) >= 11 is 1.53. The van der Waals surface area contributed by atoms with Crippen molar-refractivity contribution in [1.82, 2.24) is 4.98 Å². The van der Waals surface area contributed by atoms with E-state index in [2.05, 4.69) is 4.98 Å². The van der Waals surface area contributed by atoms with Crippen molar-refractivity contribution in [3.8, 4) is 16.6 Å². The summed E-state index contributed by atoms with van der Waals surface area (Å²) in [5.74, 6) is -0.401. The fourth-order valence-electron chi connectivity index (χ4n) is 1.38. The Morgan fingerprint density at radius 3 is 2.88 bits per heavy atom. The van der Waals surface area contributed by atoms with E-state index in [0.717, 1.165) is 16.3 Å². The van der Waals surface area contributed by atoms with Crippen molar-refractivity contribution in [2.45, 2.75) is 13.3 Å². The van der Waals surface area contributed by atoms with Gasteiger partial charge in [-0.1, -0.05) is 6.92 Å². The Morgan fingerprint density at radius 1 is 1.44 bits per heavy atom. The second-order valence-corrected chi connectivity index (χ2v) is 4.44. The van der Waals surface area contributed by atoms with Gasteiger partial charge in [0.05, 0.1) is 11.6 Å². The second-order valence-electron chi connectivity index (χ2n) is 3.33. The quantitative estimate of drug-likeness (QED) is 0.795. The highest BCUT2D eigenvalue weighted by molar-refractivity contribution is 7.15. The Labute approximate surface area is 97.0 Å². The Hall–Kier alpha value is -1.73. The molecule has 1 heterocycles. The maximum Gasteiger partial charge on any atom is 0.125 e. The normalized spacial score (nSPS) is 10.1. The molecule has 2 rings (SSSR count). The van der Waals surface area contributed by atoms with Crippen LogP contribution in [0.4, 0.5) is 4.39 Å².